The van der Waals surface area contributed by atoms with Gasteiger partial charge in [-0.15, -0.1) is 0 Å². The Morgan fingerprint density at radius 2 is 1.80 bits per heavy atom. The lowest BCUT2D eigenvalue weighted by Gasteiger charge is -2.27. The molecule has 132 valence electrons. The fourth-order valence-electron chi connectivity index (χ4n) is 2.00. The minimum atomic E-state index is -0.986. The number of nitrogens with zero attached hydrogens (tertiary/aromatic N) is 2. The number of aldehydes is 1. The Kier molecular flexibility index (Phi) is 5.46. The number of aromatic nitrogens is 1. The van der Waals surface area contributed by atoms with Crippen molar-refractivity contribution < 1.29 is 23.1 Å². The van der Waals surface area contributed by atoms with Crippen LogP contribution in [-0.4, -0.2) is 23.0 Å². The van der Waals surface area contributed by atoms with Crippen molar-refractivity contribution in [2.24, 2.45) is 0 Å². The highest BCUT2D eigenvalue weighted by atomic mass is 19.1. The van der Waals surface area contributed by atoms with E-state index in [9.17, 15) is 18.4 Å². The van der Waals surface area contributed by atoms with Gasteiger partial charge in [0, 0.05) is 0 Å². The van der Waals surface area contributed by atoms with Crippen LogP contribution in [0.25, 0.3) is 0 Å². The summed E-state index contributed by atoms with van der Waals surface area (Å²) in [7, 11) is 0. The van der Waals surface area contributed by atoms with Crippen LogP contribution in [-0.2, 0) is 11.3 Å². The molecule has 0 unspecified atom stereocenters. The third kappa shape index (κ3) is 5.07. The van der Waals surface area contributed by atoms with Crippen LogP contribution in [0, 0.1) is 11.8 Å². The van der Waals surface area contributed by atoms with Gasteiger partial charge in [0.15, 0.2) is 6.29 Å². The number of amides is 1. The quantitative estimate of drug-likeness (QED) is 0.616. The smallest absolute Gasteiger partial charge is 0.416 e. The van der Waals surface area contributed by atoms with Gasteiger partial charge in [-0.3, -0.25) is 9.69 Å². The van der Waals surface area contributed by atoms with E-state index in [0.29, 0.717) is 11.8 Å². The second kappa shape index (κ2) is 7.38. The number of anilines is 1. The van der Waals surface area contributed by atoms with Gasteiger partial charge in [-0.2, -0.15) is 4.39 Å². The van der Waals surface area contributed by atoms with Gasteiger partial charge < -0.3 is 4.74 Å². The first-order valence-corrected chi connectivity index (χ1v) is 7.56. The van der Waals surface area contributed by atoms with Crippen LogP contribution in [0.5, 0.6) is 0 Å². The molecule has 0 fully saturated rings. The van der Waals surface area contributed by atoms with E-state index in [2.05, 4.69) is 4.98 Å². The van der Waals surface area contributed by atoms with E-state index in [1.165, 1.54) is 36.4 Å². The molecule has 0 N–H and O–H groups in total. The number of ether oxygens (including phenoxy) is 1. The van der Waals surface area contributed by atoms with Crippen molar-refractivity contribution in [3.05, 3.63) is 59.3 Å². The predicted molar refractivity (Wildman–Crippen MR) is 88.4 cm³/mol. The molecule has 0 aliphatic heterocycles. The summed E-state index contributed by atoms with van der Waals surface area (Å²) < 4.78 is 32.2. The average molecular weight is 348 g/mol. The SMILES string of the molecule is CC(C)(C)OC(=O)N(Cc1ccc(F)cc1)c1ccc(C=O)c(F)n1. The molecule has 0 radical (unpaired) electrons. The van der Waals surface area contributed by atoms with E-state index in [1.54, 1.807) is 20.8 Å². The van der Waals surface area contributed by atoms with Gasteiger partial charge in [0.1, 0.15) is 17.2 Å². The molecule has 0 atom stereocenters. The fraction of sp³-hybridized carbons (Fsp3) is 0.278. The summed E-state index contributed by atoms with van der Waals surface area (Å²) in [6, 6.07) is 8.09. The number of benzene rings is 1. The van der Waals surface area contributed by atoms with Crippen molar-refractivity contribution in [3.8, 4) is 0 Å². The fourth-order valence-corrected chi connectivity index (χ4v) is 2.00. The third-order valence-corrected chi connectivity index (χ3v) is 3.13. The zero-order valence-corrected chi connectivity index (χ0v) is 14.1. The predicted octanol–water partition coefficient (Wildman–Crippen LogP) is 4.11. The summed E-state index contributed by atoms with van der Waals surface area (Å²) in [6.07, 6.45) is -0.397. The Balaban J connectivity index is 2.37. The lowest BCUT2D eigenvalue weighted by atomic mass is 10.2. The van der Waals surface area contributed by atoms with Crippen LogP contribution >= 0.6 is 0 Å². The number of carbonyl (C=O) groups excluding carboxylic acids is 2. The molecular formula is C18H18F2N2O3. The molecule has 0 saturated carbocycles. The van der Waals surface area contributed by atoms with Crippen molar-refractivity contribution in [2.75, 3.05) is 4.90 Å². The van der Waals surface area contributed by atoms with Gasteiger partial charge in [-0.05, 0) is 50.6 Å². The van der Waals surface area contributed by atoms with Crippen molar-refractivity contribution in [3.63, 3.8) is 0 Å². The number of pyridine rings is 1. The van der Waals surface area contributed by atoms with Crippen molar-refractivity contribution in [1.29, 1.82) is 0 Å². The minimum absolute atomic E-state index is 0.00205. The summed E-state index contributed by atoms with van der Waals surface area (Å²) in [5.74, 6) is -1.41. The normalized spacial score (nSPS) is 11.1. The second-order valence-corrected chi connectivity index (χ2v) is 6.36. The molecule has 5 nitrogen and oxygen atoms in total. The number of halogens is 2. The first kappa shape index (κ1) is 18.5. The van der Waals surface area contributed by atoms with Crippen LogP contribution in [0.4, 0.5) is 19.4 Å². The standard InChI is InChI=1S/C18H18F2N2O3/c1-18(2,3)25-17(24)22(10-12-4-7-14(19)8-5-12)15-9-6-13(11-23)16(20)21-15/h4-9,11H,10H2,1-3H3. The molecule has 0 aliphatic rings. The van der Waals surface area contributed by atoms with Gasteiger partial charge in [0.05, 0.1) is 12.1 Å². The van der Waals surface area contributed by atoms with Crippen molar-refractivity contribution >= 4 is 18.2 Å². The van der Waals surface area contributed by atoms with Crippen molar-refractivity contribution in [2.45, 2.75) is 32.9 Å². The molecule has 1 aromatic heterocycles. The maximum Gasteiger partial charge on any atom is 0.416 e. The van der Waals surface area contributed by atoms with Crippen LogP contribution < -0.4 is 4.90 Å². The van der Waals surface area contributed by atoms with E-state index in [4.69, 9.17) is 4.74 Å². The second-order valence-electron chi connectivity index (χ2n) is 6.36. The molecule has 1 heterocycles. The number of hydrogen-bond donors (Lipinski definition) is 0. The van der Waals surface area contributed by atoms with Gasteiger partial charge in [-0.1, -0.05) is 12.1 Å². The topological polar surface area (TPSA) is 59.5 Å². The molecule has 25 heavy (non-hydrogen) atoms. The maximum atomic E-state index is 13.8. The van der Waals surface area contributed by atoms with Gasteiger partial charge in [0.2, 0.25) is 5.95 Å². The molecule has 0 saturated heterocycles. The molecular weight excluding hydrogens is 330 g/mol. The maximum absolute atomic E-state index is 13.8. The van der Waals surface area contributed by atoms with Crippen LogP contribution in [0.1, 0.15) is 36.7 Å². The van der Waals surface area contributed by atoms with Crippen LogP contribution in [0.3, 0.4) is 0 Å². The van der Waals surface area contributed by atoms with Gasteiger partial charge >= 0.3 is 6.09 Å². The Bertz CT molecular complexity index is 771. The van der Waals surface area contributed by atoms with Crippen LogP contribution in [0.2, 0.25) is 0 Å². The monoisotopic (exact) mass is 348 g/mol. The number of rotatable bonds is 4. The lowest BCUT2D eigenvalue weighted by Crippen LogP contribution is -2.37. The molecule has 0 aliphatic carbocycles. The van der Waals surface area contributed by atoms with E-state index in [-0.39, 0.29) is 17.9 Å². The third-order valence-electron chi connectivity index (χ3n) is 3.13. The Labute approximate surface area is 144 Å². The highest BCUT2D eigenvalue weighted by Crippen LogP contribution is 2.20. The molecule has 7 heteroatoms. The highest BCUT2D eigenvalue weighted by molar-refractivity contribution is 5.87. The van der Waals surface area contributed by atoms with E-state index >= 15 is 0 Å². The van der Waals surface area contributed by atoms with Gasteiger partial charge in [-0.25, -0.2) is 14.2 Å². The lowest BCUT2D eigenvalue weighted by molar-refractivity contribution is 0.0576. The van der Waals surface area contributed by atoms with Crippen molar-refractivity contribution in [1.82, 2.24) is 4.98 Å². The molecule has 0 spiro atoms. The molecule has 0 bridgehead atoms. The molecule has 2 aromatic rings. The first-order chi connectivity index (χ1) is 11.7. The summed E-state index contributed by atoms with van der Waals surface area (Å²) in [5.41, 5.74) is -0.372. The van der Waals surface area contributed by atoms with E-state index < -0.39 is 23.5 Å². The average Bonchev–Trinajstić information content (AvgIpc) is 2.52. The summed E-state index contributed by atoms with van der Waals surface area (Å²) in [5, 5.41) is 0. The number of carbonyl (C=O) groups is 2. The molecule has 2 rings (SSSR count). The van der Waals surface area contributed by atoms with E-state index in [0.717, 1.165) is 4.90 Å². The Morgan fingerprint density at radius 1 is 1.16 bits per heavy atom. The minimum Gasteiger partial charge on any atom is -0.443 e. The van der Waals surface area contributed by atoms with Crippen LogP contribution in [0.15, 0.2) is 36.4 Å². The zero-order valence-electron chi connectivity index (χ0n) is 14.1. The summed E-state index contributed by atoms with van der Waals surface area (Å²) >= 11 is 0. The number of hydrogen-bond acceptors (Lipinski definition) is 4. The molecule has 1 amide bonds. The van der Waals surface area contributed by atoms with E-state index in [1.807, 2.05) is 0 Å². The zero-order chi connectivity index (χ0) is 18.6. The summed E-state index contributed by atoms with van der Waals surface area (Å²) in [4.78, 5) is 28.0. The summed E-state index contributed by atoms with van der Waals surface area (Å²) in [6.45, 7) is 5.10. The largest absolute Gasteiger partial charge is 0.443 e. The Morgan fingerprint density at radius 3 is 2.32 bits per heavy atom. The first-order valence-electron chi connectivity index (χ1n) is 7.56. The highest BCUT2D eigenvalue weighted by Gasteiger charge is 2.25. The molecule has 1 aromatic carbocycles. The van der Waals surface area contributed by atoms with Gasteiger partial charge in [0.25, 0.3) is 0 Å². The Hall–Kier alpha value is -2.83.